The molecule has 0 bridgehead atoms. The Hall–Kier alpha value is -3.21. The van der Waals surface area contributed by atoms with Gasteiger partial charge in [-0.15, -0.1) is 0 Å². The smallest absolute Gasteiger partial charge is 0.383 e. The van der Waals surface area contributed by atoms with Gasteiger partial charge in [-0.1, -0.05) is 34.6 Å². The van der Waals surface area contributed by atoms with E-state index in [0.29, 0.717) is 18.1 Å². The maximum Gasteiger partial charge on any atom is 0.419 e. The molecule has 0 radical (unpaired) electrons. The molecule has 0 unspecified atom stereocenters. The van der Waals surface area contributed by atoms with Crippen molar-refractivity contribution in [1.82, 2.24) is 24.4 Å². The highest BCUT2D eigenvalue weighted by Gasteiger charge is 2.35. The molecular weight excluding hydrogens is 534 g/mol. The molecule has 4 heterocycles. The van der Waals surface area contributed by atoms with E-state index in [0.717, 1.165) is 81.3 Å². The van der Waals surface area contributed by atoms with E-state index in [1.807, 2.05) is 40.8 Å². The van der Waals surface area contributed by atoms with E-state index < -0.39 is 17.6 Å². The van der Waals surface area contributed by atoms with Crippen LogP contribution in [0, 0.1) is 5.82 Å². The van der Waals surface area contributed by atoms with Gasteiger partial charge in [-0.3, -0.25) is 0 Å². The van der Waals surface area contributed by atoms with E-state index in [-0.39, 0.29) is 11.5 Å². The Bertz CT molecular complexity index is 1250. The Balaban J connectivity index is 0.00000111. The van der Waals surface area contributed by atoms with E-state index in [9.17, 15) is 17.6 Å². The van der Waals surface area contributed by atoms with Gasteiger partial charge in [0.25, 0.3) is 0 Å². The second-order valence-corrected chi connectivity index (χ2v) is 9.74. The first-order valence-corrected chi connectivity index (χ1v) is 14.8. The second kappa shape index (κ2) is 14.6. The molecule has 2 aromatic heterocycles. The van der Waals surface area contributed by atoms with Crippen LogP contribution in [0.5, 0.6) is 0 Å². The number of hydrogen-bond donors (Lipinski definition) is 1. The number of piperidine rings is 1. The van der Waals surface area contributed by atoms with Crippen LogP contribution < -0.4 is 10.6 Å². The third-order valence-electron chi connectivity index (χ3n) is 7.45. The van der Waals surface area contributed by atoms with Gasteiger partial charge in [-0.25, -0.2) is 19.3 Å². The van der Waals surface area contributed by atoms with Gasteiger partial charge in [0.2, 0.25) is 0 Å². The molecule has 2 aliphatic heterocycles. The SMILES string of the molecule is CC.CC.CCc1c(N)ncnc1N1CCC(c2nc(-c3ccc(F)c(C(F)(F)F)c3)cn2CCN2CCC2)CC1. The molecule has 3 aromatic rings. The minimum atomic E-state index is -4.77. The lowest BCUT2D eigenvalue weighted by atomic mass is 9.95. The number of anilines is 2. The molecule has 0 aliphatic carbocycles. The molecule has 7 nitrogen and oxygen atoms in total. The molecule has 2 N–H and O–H groups in total. The predicted octanol–water partition coefficient (Wildman–Crippen LogP) is 6.78. The van der Waals surface area contributed by atoms with Crippen molar-refractivity contribution in [3.63, 3.8) is 0 Å². The van der Waals surface area contributed by atoms with Crippen molar-refractivity contribution < 1.29 is 17.6 Å². The number of alkyl halides is 3. The van der Waals surface area contributed by atoms with Crippen molar-refractivity contribution in [1.29, 1.82) is 0 Å². The summed E-state index contributed by atoms with van der Waals surface area (Å²) in [5, 5.41) is 0. The molecule has 2 fully saturated rings. The summed E-state index contributed by atoms with van der Waals surface area (Å²) in [5.74, 6) is 1.09. The molecule has 226 valence electrons. The van der Waals surface area contributed by atoms with Crippen molar-refractivity contribution in [2.24, 2.45) is 0 Å². The molecule has 2 saturated heterocycles. The van der Waals surface area contributed by atoms with E-state index in [2.05, 4.69) is 24.3 Å². The van der Waals surface area contributed by atoms with E-state index in [1.165, 1.54) is 18.8 Å². The highest BCUT2D eigenvalue weighted by Crippen LogP contribution is 2.36. The summed E-state index contributed by atoms with van der Waals surface area (Å²) in [7, 11) is 0. The molecule has 0 spiro atoms. The molecule has 1 aromatic carbocycles. The summed E-state index contributed by atoms with van der Waals surface area (Å²) in [4.78, 5) is 18.0. The number of nitrogen functional groups attached to an aromatic ring is 1. The van der Waals surface area contributed by atoms with Gasteiger partial charge < -0.3 is 20.1 Å². The Morgan fingerprint density at radius 3 is 2.24 bits per heavy atom. The van der Waals surface area contributed by atoms with Gasteiger partial charge in [-0.05, 0) is 57.0 Å². The number of likely N-dealkylation sites (tertiary alicyclic amines) is 1. The molecule has 41 heavy (non-hydrogen) atoms. The van der Waals surface area contributed by atoms with Gasteiger partial charge in [0.15, 0.2) is 0 Å². The van der Waals surface area contributed by atoms with Crippen molar-refractivity contribution >= 4 is 11.6 Å². The van der Waals surface area contributed by atoms with Gasteiger partial charge in [0.1, 0.15) is 29.6 Å². The van der Waals surface area contributed by atoms with Gasteiger partial charge >= 0.3 is 6.18 Å². The second-order valence-electron chi connectivity index (χ2n) is 9.74. The quantitative estimate of drug-likeness (QED) is 0.312. The topological polar surface area (TPSA) is 76.1 Å². The predicted molar refractivity (Wildman–Crippen MR) is 156 cm³/mol. The normalized spacial score (nSPS) is 15.9. The van der Waals surface area contributed by atoms with Crippen molar-refractivity contribution in [3.05, 3.63) is 53.5 Å². The highest BCUT2D eigenvalue weighted by molar-refractivity contribution is 5.60. The summed E-state index contributed by atoms with van der Waals surface area (Å²) < 4.78 is 56.0. The molecule has 0 atom stereocenters. The first-order valence-electron chi connectivity index (χ1n) is 14.8. The lowest BCUT2D eigenvalue weighted by Crippen LogP contribution is -2.39. The van der Waals surface area contributed by atoms with Gasteiger partial charge in [-0.2, -0.15) is 13.2 Å². The number of nitrogens with two attached hydrogens (primary N) is 1. The number of imidazole rings is 1. The van der Waals surface area contributed by atoms with Crippen molar-refractivity contribution in [2.75, 3.05) is 43.4 Å². The fraction of sp³-hybridized carbons (Fsp3) is 0.567. The van der Waals surface area contributed by atoms with Crippen LogP contribution in [0.25, 0.3) is 11.3 Å². The fourth-order valence-electron chi connectivity index (χ4n) is 5.21. The summed E-state index contributed by atoms with van der Waals surface area (Å²) in [6.45, 7) is 15.2. The zero-order chi connectivity index (χ0) is 30.2. The van der Waals surface area contributed by atoms with E-state index >= 15 is 0 Å². The third-order valence-corrected chi connectivity index (χ3v) is 7.45. The van der Waals surface area contributed by atoms with Crippen LogP contribution in [-0.4, -0.2) is 57.1 Å². The standard InChI is InChI=1S/C26H31F4N7.2C2H6/c1-2-19-23(31)32-16-33-25(19)36-10-6-17(7-11-36)24-34-22(15-37(24)13-12-35-8-3-9-35)18-4-5-21(27)20(14-18)26(28,29)30;2*1-2/h4-5,14-17H,2-3,6-13H2,1H3,(H2,31,32,33);2*1-2H3. The summed E-state index contributed by atoms with van der Waals surface area (Å²) in [6.07, 6.45) is 2.11. The Morgan fingerprint density at radius 1 is 0.976 bits per heavy atom. The molecule has 0 amide bonds. The summed E-state index contributed by atoms with van der Waals surface area (Å²) >= 11 is 0. The lowest BCUT2D eigenvalue weighted by molar-refractivity contribution is -0.139. The van der Waals surface area contributed by atoms with Crippen molar-refractivity contribution in [2.45, 2.75) is 78.9 Å². The van der Waals surface area contributed by atoms with Gasteiger partial charge in [0, 0.05) is 49.4 Å². The first-order chi connectivity index (χ1) is 19.7. The number of rotatable bonds is 7. The molecule has 0 saturated carbocycles. The van der Waals surface area contributed by atoms with E-state index in [4.69, 9.17) is 10.7 Å². The fourth-order valence-corrected chi connectivity index (χ4v) is 5.21. The summed E-state index contributed by atoms with van der Waals surface area (Å²) in [6, 6.07) is 3.09. The van der Waals surface area contributed by atoms with Gasteiger partial charge in [0.05, 0.1) is 11.3 Å². The monoisotopic (exact) mass is 577 g/mol. The Labute approximate surface area is 240 Å². The lowest BCUT2D eigenvalue weighted by Gasteiger charge is -2.34. The van der Waals surface area contributed by atoms with E-state index in [1.54, 1.807) is 0 Å². The zero-order valence-electron chi connectivity index (χ0n) is 24.8. The Morgan fingerprint density at radius 2 is 1.66 bits per heavy atom. The van der Waals surface area contributed by atoms with Crippen LogP contribution in [-0.2, 0) is 19.1 Å². The zero-order valence-corrected chi connectivity index (χ0v) is 24.8. The average molecular weight is 578 g/mol. The molecule has 11 heteroatoms. The van der Waals surface area contributed by atoms with Crippen LogP contribution in [0.2, 0.25) is 0 Å². The van der Waals surface area contributed by atoms with Crippen LogP contribution in [0.3, 0.4) is 0 Å². The number of halogens is 4. The minimum absolute atomic E-state index is 0.146. The largest absolute Gasteiger partial charge is 0.419 e. The highest BCUT2D eigenvalue weighted by atomic mass is 19.4. The Kier molecular flexibility index (Phi) is 11.5. The number of nitrogens with zero attached hydrogens (tertiary/aromatic N) is 6. The third kappa shape index (κ3) is 7.55. The van der Waals surface area contributed by atoms with Crippen LogP contribution in [0.4, 0.5) is 29.2 Å². The minimum Gasteiger partial charge on any atom is -0.383 e. The van der Waals surface area contributed by atoms with Crippen LogP contribution in [0.1, 0.15) is 76.8 Å². The van der Waals surface area contributed by atoms with Crippen LogP contribution >= 0.6 is 0 Å². The van der Waals surface area contributed by atoms with Crippen LogP contribution in [0.15, 0.2) is 30.7 Å². The molecular formula is C30H43F4N7. The first kappa shape index (κ1) is 32.3. The molecule has 2 aliphatic rings. The maximum atomic E-state index is 13.9. The number of hydrogen-bond acceptors (Lipinski definition) is 6. The molecule has 5 rings (SSSR count). The average Bonchev–Trinajstić information content (AvgIpc) is 3.38. The summed E-state index contributed by atoms with van der Waals surface area (Å²) in [5.41, 5.74) is 6.43. The maximum absolute atomic E-state index is 13.9. The number of aromatic nitrogens is 4. The number of benzene rings is 1. The van der Waals surface area contributed by atoms with Crippen molar-refractivity contribution in [3.8, 4) is 11.3 Å².